The Labute approximate surface area is 137 Å². The highest BCUT2D eigenvalue weighted by Crippen LogP contribution is 2.32. The second-order valence-electron chi connectivity index (χ2n) is 5.97. The van der Waals surface area contributed by atoms with E-state index >= 15 is 0 Å². The monoisotopic (exact) mass is 345 g/mol. The average molecular weight is 345 g/mol. The van der Waals surface area contributed by atoms with E-state index < -0.39 is 42.2 Å². The number of hydrogen-bond donors (Lipinski definition) is 1. The molecule has 0 saturated carbocycles. The van der Waals surface area contributed by atoms with Crippen LogP contribution in [0.4, 0.5) is 13.2 Å². The van der Waals surface area contributed by atoms with Crippen molar-refractivity contribution in [1.29, 1.82) is 0 Å². The van der Waals surface area contributed by atoms with Crippen LogP contribution in [0.5, 0.6) is 0 Å². The van der Waals surface area contributed by atoms with Gasteiger partial charge < -0.3 is 14.7 Å². The molecule has 132 valence electrons. The summed E-state index contributed by atoms with van der Waals surface area (Å²) in [5.74, 6) is -2.19. The van der Waals surface area contributed by atoms with E-state index in [2.05, 4.69) is 4.74 Å². The van der Waals surface area contributed by atoms with Crippen LogP contribution >= 0.6 is 0 Å². The molecule has 24 heavy (non-hydrogen) atoms. The van der Waals surface area contributed by atoms with Gasteiger partial charge in [0, 0.05) is 13.1 Å². The summed E-state index contributed by atoms with van der Waals surface area (Å²) in [5.41, 5.74) is -1.06. The summed E-state index contributed by atoms with van der Waals surface area (Å²) in [7, 11) is 0. The molecule has 1 aliphatic rings. The molecule has 1 saturated heterocycles. The van der Waals surface area contributed by atoms with Crippen molar-refractivity contribution in [3.8, 4) is 0 Å². The molecule has 0 spiro atoms. The van der Waals surface area contributed by atoms with E-state index in [9.17, 15) is 22.8 Å². The average Bonchev–Trinajstić information content (AvgIpc) is 2.93. The number of carboxylic acid groups (broad SMARTS) is 1. The fourth-order valence-corrected chi connectivity index (χ4v) is 2.94. The predicted molar refractivity (Wildman–Crippen MR) is 78.1 cm³/mol. The topological polar surface area (TPSA) is 66.8 Å². The summed E-state index contributed by atoms with van der Waals surface area (Å²) >= 11 is 0. The van der Waals surface area contributed by atoms with E-state index in [1.54, 1.807) is 0 Å². The molecule has 0 aromatic heterocycles. The lowest BCUT2D eigenvalue weighted by atomic mass is 9.78. The molecule has 1 aliphatic heterocycles. The standard InChI is InChI=1S/C16H18F3NO4/c1-16(8-13(21)22,10-2-4-11(17)5-3-10)14(23)20-7-6-12(9-20)24-15(18)19/h2-5,12,15H,6-9H2,1H3,(H,21,22)/t12-,16?/m0/s1. The first-order valence-electron chi connectivity index (χ1n) is 7.43. The van der Waals surface area contributed by atoms with Gasteiger partial charge in [0.1, 0.15) is 5.82 Å². The third-order valence-corrected chi connectivity index (χ3v) is 4.19. The molecule has 5 nitrogen and oxygen atoms in total. The van der Waals surface area contributed by atoms with Crippen molar-refractivity contribution >= 4 is 11.9 Å². The lowest BCUT2D eigenvalue weighted by Crippen LogP contribution is -2.46. The van der Waals surface area contributed by atoms with Gasteiger partial charge in [-0.1, -0.05) is 12.1 Å². The van der Waals surface area contributed by atoms with Crippen LogP contribution in [0.1, 0.15) is 25.3 Å². The molecule has 1 fully saturated rings. The Kier molecular flexibility index (Phi) is 5.48. The molecule has 1 unspecified atom stereocenters. The molecular formula is C16H18F3NO4. The first-order chi connectivity index (χ1) is 11.2. The van der Waals surface area contributed by atoms with Gasteiger partial charge in [-0.25, -0.2) is 4.39 Å². The number of carboxylic acids is 1. The van der Waals surface area contributed by atoms with E-state index in [0.29, 0.717) is 5.56 Å². The van der Waals surface area contributed by atoms with Gasteiger partial charge in [0.05, 0.1) is 17.9 Å². The number of alkyl halides is 2. The van der Waals surface area contributed by atoms with Gasteiger partial charge >= 0.3 is 12.6 Å². The molecule has 8 heteroatoms. The molecule has 0 bridgehead atoms. The highest BCUT2D eigenvalue weighted by atomic mass is 19.3. The minimum atomic E-state index is -2.92. The molecule has 2 rings (SSSR count). The van der Waals surface area contributed by atoms with Crippen LogP contribution in [0, 0.1) is 5.82 Å². The van der Waals surface area contributed by atoms with E-state index in [-0.39, 0.29) is 19.5 Å². The largest absolute Gasteiger partial charge is 0.481 e. The van der Waals surface area contributed by atoms with Crippen molar-refractivity contribution < 1.29 is 32.6 Å². The van der Waals surface area contributed by atoms with Crippen LogP contribution in [0.2, 0.25) is 0 Å². The summed E-state index contributed by atoms with van der Waals surface area (Å²) in [5, 5.41) is 9.16. The van der Waals surface area contributed by atoms with Gasteiger partial charge in [-0.3, -0.25) is 9.59 Å². The van der Waals surface area contributed by atoms with Crippen LogP contribution in [-0.4, -0.2) is 47.7 Å². The van der Waals surface area contributed by atoms with Crippen molar-refractivity contribution in [1.82, 2.24) is 4.90 Å². The Morgan fingerprint density at radius 2 is 2.00 bits per heavy atom. The van der Waals surface area contributed by atoms with Crippen molar-refractivity contribution in [2.75, 3.05) is 13.1 Å². The first kappa shape index (κ1) is 18.3. The number of rotatable bonds is 6. The number of aliphatic carboxylic acids is 1. The van der Waals surface area contributed by atoms with Gasteiger partial charge in [0.25, 0.3) is 0 Å². The quantitative estimate of drug-likeness (QED) is 0.860. The molecule has 1 aromatic carbocycles. The Morgan fingerprint density at radius 3 is 2.54 bits per heavy atom. The van der Waals surface area contributed by atoms with Gasteiger partial charge in [-0.15, -0.1) is 0 Å². The molecule has 1 heterocycles. The summed E-state index contributed by atoms with van der Waals surface area (Å²) in [6, 6.07) is 5.02. The molecular weight excluding hydrogens is 327 g/mol. The van der Waals surface area contributed by atoms with Gasteiger partial charge in [0.2, 0.25) is 5.91 Å². The minimum absolute atomic E-state index is 0.0282. The first-order valence-corrected chi connectivity index (χ1v) is 7.43. The van der Waals surface area contributed by atoms with E-state index in [0.717, 1.165) is 12.1 Å². The number of carbonyl (C=O) groups excluding carboxylic acids is 1. The summed E-state index contributed by atoms with van der Waals surface area (Å²) in [6.07, 6.45) is -1.02. The number of hydrogen-bond acceptors (Lipinski definition) is 3. The zero-order chi connectivity index (χ0) is 17.9. The number of halogens is 3. The molecule has 0 radical (unpaired) electrons. The van der Waals surface area contributed by atoms with Crippen molar-refractivity contribution in [3.05, 3.63) is 35.6 Å². The summed E-state index contributed by atoms with van der Waals surface area (Å²) in [6.45, 7) is -1.29. The maximum atomic E-state index is 13.1. The Balaban J connectivity index is 2.23. The number of amides is 1. The van der Waals surface area contributed by atoms with Crippen molar-refractivity contribution in [2.45, 2.75) is 37.9 Å². The fourth-order valence-electron chi connectivity index (χ4n) is 2.94. The summed E-state index contributed by atoms with van der Waals surface area (Å²) < 4.78 is 42.1. The third kappa shape index (κ3) is 4.05. The lowest BCUT2D eigenvalue weighted by molar-refractivity contribution is -0.161. The molecule has 1 N–H and O–H groups in total. The zero-order valence-corrected chi connectivity index (χ0v) is 13.0. The van der Waals surface area contributed by atoms with Crippen molar-refractivity contribution in [2.24, 2.45) is 0 Å². The SMILES string of the molecule is CC(CC(=O)O)(C(=O)N1CC[C@H](OC(F)F)C1)c1ccc(F)cc1. The Bertz CT molecular complexity index is 608. The second-order valence-corrected chi connectivity index (χ2v) is 5.97. The third-order valence-electron chi connectivity index (χ3n) is 4.19. The number of likely N-dealkylation sites (tertiary alicyclic amines) is 1. The highest BCUT2D eigenvalue weighted by Gasteiger charge is 2.42. The number of benzene rings is 1. The molecule has 0 aliphatic carbocycles. The van der Waals surface area contributed by atoms with Crippen LogP contribution < -0.4 is 0 Å². The van der Waals surface area contributed by atoms with E-state index in [1.807, 2.05) is 0 Å². The maximum Gasteiger partial charge on any atom is 0.345 e. The highest BCUT2D eigenvalue weighted by molar-refractivity contribution is 5.92. The van der Waals surface area contributed by atoms with Gasteiger partial charge in [-0.05, 0) is 31.0 Å². The van der Waals surface area contributed by atoms with E-state index in [1.165, 1.54) is 24.0 Å². The number of nitrogens with zero attached hydrogens (tertiary/aromatic N) is 1. The van der Waals surface area contributed by atoms with Crippen LogP contribution in [-0.2, 0) is 19.7 Å². The number of carbonyl (C=O) groups is 2. The predicted octanol–water partition coefficient (Wildman–Crippen LogP) is 2.40. The molecule has 1 amide bonds. The zero-order valence-electron chi connectivity index (χ0n) is 13.0. The fraction of sp³-hybridized carbons (Fsp3) is 0.500. The molecule has 1 aromatic rings. The smallest absolute Gasteiger partial charge is 0.345 e. The Hall–Kier alpha value is -2.09. The van der Waals surface area contributed by atoms with Crippen LogP contribution in [0.3, 0.4) is 0 Å². The maximum absolute atomic E-state index is 13.1. The second kappa shape index (κ2) is 7.21. The number of ether oxygens (including phenoxy) is 1. The van der Waals surface area contributed by atoms with Crippen LogP contribution in [0.25, 0.3) is 0 Å². The van der Waals surface area contributed by atoms with Crippen LogP contribution in [0.15, 0.2) is 24.3 Å². The van der Waals surface area contributed by atoms with Gasteiger partial charge in [0.15, 0.2) is 0 Å². The Morgan fingerprint density at radius 1 is 1.38 bits per heavy atom. The van der Waals surface area contributed by atoms with E-state index in [4.69, 9.17) is 5.11 Å². The lowest BCUT2D eigenvalue weighted by Gasteiger charge is -2.32. The molecule has 2 atom stereocenters. The summed E-state index contributed by atoms with van der Waals surface area (Å²) in [4.78, 5) is 25.4. The normalized spacial score (nSPS) is 20.2. The van der Waals surface area contributed by atoms with Gasteiger partial charge in [-0.2, -0.15) is 8.78 Å². The minimum Gasteiger partial charge on any atom is -0.481 e. The van der Waals surface area contributed by atoms with Crippen molar-refractivity contribution in [3.63, 3.8) is 0 Å².